The summed E-state index contributed by atoms with van der Waals surface area (Å²) < 4.78 is 5.52. The minimum atomic E-state index is -0.429. The molecule has 29 heavy (non-hydrogen) atoms. The molecule has 4 rings (SSSR count). The van der Waals surface area contributed by atoms with Gasteiger partial charge in [0, 0.05) is 12.5 Å². The first-order chi connectivity index (χ1) is 14.3. The lowest BCUT2D eigenvalue weighted by atomic mass is 9.98. The molecule has 3 aromatic rings. The van der Waals surface area contributed by atoms with E-state index in [0.29, 0.717) is 13.2 Å². The first-order valence-electron chi connectivity index (χ1n) is 9.59. The minimum Gasteiger partial charge on any atom is -0.449 e. The molecule has 4 N–H and O–H groups in total. The Hall–Kier alpha value is -3.57. The molecule has 0 heterocycles. The first kappa shape index (κ1) is 18.8. The maximum atomic E-state index is 12.2. The van der Waals surface area contributed by atoms with E-state index in [-0.39, 0.29) is 5.92 Å². The second-order valence-electron chi connectivity index (χ2n) is 6.84. The fraction of sp³-hybridized carbons (Fsp3) is 0.125. The van der Waals surface area contributed by atoms with Gasteiger partial charge in [0.2, 0.25) is 0 Å². The highest BCUT2D eigenvalue weighted by atomic mass is 16.5. The minimum absolute atomic E-state index is 0.0613. The van der Waals surface area contributed by atoms with Gasteiger partial charge in [-0.1, -0.05) is 78.9 Å². The number of carbonyl (C=O) groups excluding carboxylic acids is 1. The number of anilines is 1. The third-order valence-corrected chi connectivity index (χ3v) is 5.12. The molecule has 0 aliphatic heterocycles. The van der Waals surface area contributed by atoms with Gasteiger partial charge in [-0.2, -0.15) is 0 Å². The Labute approximate surface area is 170 Å². The standard InChI is InChI=1S/C24H23N3O2/c25-27-23-14-6-1-8-17(23)9-7-15-26-24(28)29-16-22-20-12-4-2-10-18(20)19-11-3-5-13-21(19)22/h1-14,22,27H,15-16,25H2,(H,26,28). The van der Waals surface area contributed by atoms with E-state index in [2.05, 4.69) is 35.0 Å². The van der Waals surface area contributed by atoms with Crippen molar-refractivity contribution in [1.29, 1.82) is 0 Å². The number of hydrazine groups is 1. The normalized spacial score (nSPS) is 12.4. The Morgan fingerprint density at radius 2 is 1.55 bits per heavy atom. The fourth-order valence-electron chi connectivity index (χ4n) is 3.75. The average Bonchev–Trinajstić information content (AvgIpc) is 3.09. The molecular weight excluding hydrogens is 362 g/mol. The molecule has 5 nitrogen and oxygen atoms in total. The number of ether oxygens (including phenoxy) is 1. The van der Waals surface area contributed by atoms with E-state index in [1.165, 1.54) is 22.3 Å². The highest BCUT2D eigenvalue weighted by Gasteiger charge is 2.28. The molecule has 0 radical (unpaired) electrons. The van der Waals surface area contributed by atoms with E-state index in [1.54, 1.807) is 0 Å². The van der Waals surface area contributed by atoms with Crippen LogP contribution in [-0.4, -0.2) is 19.2 Å². The van der Waals surface area contributed by atoms with E-state index < -0.39 is 6.09 Å². The molecule has 1 amide bonds. The SMILES string of the molecule is NNc1ccccc1C=CCNC(=O)OCC1c2ccccc2-c2ccccc21. The van der Waals surface area contributed by atoms with Gasteiger partial charge >= 0.3 is 6.09 Å². The summed E-state index contributed by atoms with van der Waals surface area (Å²) in [6, 6.07) is 24.2. The van der Waals surface area contributed by atoms with Crippen LogP contribution in [0.2, 0.25) is 0 Å². The summed E-state index contributed by atoms with van der Waals surface area (Å²) in [5.74, 6) is 5.56. The molecular formula is C24H23N3O2. The summed E-state index contributed by atoms with van der Waals surface area (Å²) in [4.78, 5) is 12.2. The highest BCUT2D eigenvalue weighted by Crippen LogP contribution is 2.44. The van der Waals surface area contributed by atoms with Crippen molar-refractivity contribution >= 4 is 17.9 Å². The van der Waals surface area contributed by atoms with Gasteiger partial charge < -0.3 is 15.5 Å². The number of fused-ring (bicyclic) bond motifs is 3. The summed E-state index contributed by atoms with van der Waals surface area (Å²) in [6.45, 7) is 0.680. The largest absolute Gasteiger partial charge is 0.449 e. The van der Waals surface area contributed by atoms with Gasteiger partial charge in [-0.15, -0.1) is 0 Å². The Balaban J connectivity index is 1.34. The van der Waals surface area contributed by atoms with Crippen molar-refractivity contribution in [1.82, 2.24) is 5.32 Å². The Morgan fingerprint density at radius 1 is 0.931 bits per heavy atom. The van der Waals surface area contributed by atoms with Gasteiger partial charge in [0.05, 0.1) is 5.69 Å². The Bertz CT molecular complexity index is 1000. The van der Waals surface area contributed by atoms with Crippen molar-refractivity contribution in [3.05, 3.63) is 95.6 Å². The number of carbonyl (C=O) groups is 1. The fourth-order valence-corrected chi connectivity index (χ4v) is 3.75. The lowest BCUT2D eigenvalue weighted by molar-refractivity contribution is 0.144. The van der Waals surface area contributed by atoms with Gasteiger partial charge in [-0.25, -0.2) is 4.79 Å². The lowest BCUT2D eigenvalue weighted by Crippen LogP contribution is -2.26. The maximum Gasteiger partial charge on any atom is 0.407 e. The van der Waals surface area contributed by atoms with Crippen LogP contribution in [0.25, 0.3) is 17.2 Å². The van der Waals surface area contributed by atoms with Crippen LogP contribution in [0.3, 0.4) is 0 Å². The van der Waals surface area contributed by atoms with Crippen molar-refractivity contribution in [2.24, 2.45) is 5.84 Å². The molecule has 0 aromatic heterocycles. The molecule has 0 unspecified atom stereocenters. The smallest absolute Gasteiger partial charge is 0.407 e. The Morgan fingerprint density at radius 3 is 2.24 bits per heavy atom. The van der Waals surface area contributed by atoms with Crippen LogP contribution in [0.15, 0.2) is 78.9 Å². The predicted octanol–water partition coefficient (Wildman–Crippen LogP) is 4.52. The predicted molar refractivity (Wildman–Crippen MR) is 116 cm³/mol. The van der Waals surface area contributed by atoms with Crippen LogP contribution in [0.1, 0.15) is 22.6 Å². The summed E-state index contributed by atoms with van der Waals surface area (Å²) in [6.07, 6.45) is 3.33. The molecule has 0 saturated heterocycles. The lowest BCUT2D eigenvalue weighted by Gasteiger charge is -2.14. The van der Waals surface area contributed by atoms with Crippen molar-refractivity contribution in [3.63, 3.8) is 0 Å². The number of alkyl carbamates (subject to hydrolysis) is 1. The molecule has 0 atom stereocenters. The van der Waals surface area contributed by atoms with Crippen molar-refractivity contribution < 1.29 is 9.53 Å². The number of hydrogen-bond donors (Lipinski definition) is 3. The zero-order valence-electron chi connectivity index (χ0n) is 16.0. The van der Waals surface area contributed by atoms with E-state index in [1.807, 2.05) is 60.7 Å². The van der Waals surface area contributed by atoms with Gasteiger partial charge in [-0.05, 0) is 33.9 Å². The second-order valence-corrected chi connectivity index (χ2v) is 6.84. The molecule has 0 bridgehead atoms. The van der Waals surface area contributed by atoms with Crippen molar-refractivity contribution in [2.45, 2.75) is 5.92 Å². The van der Waals surface area contributed by atoms with E-state index in [9.17, 15) is 4.79 Å². The Kier molecular flexibility index (Phi) is 5.59. The van der Waals surface area contributed by atoms with Crippen LogP contribution < -0.4 is 16.6 Å². The van der Waals surface area contributed by atoms with E-state index >= 15 is 0 Å². The highest BCUT2D eigenvalue weighted by molar-refractivity contribution is 5.79. The number of nitrogens with two attached hydrogens (primary N) is 1. The van der Waals surface area contributed by atoms with Crippen LogP contribution in [0, 0.1) is 0 Å². The van der Waals surface area contributed by atoms with Gasteiger partial charge in [0.15, 0.2) is 0 Å². The zero-order valence-corrected chi connectivity index (χ0v) is 16.0. The number of benzene rings is 3. The third kappa shape index (κ3) is 4.00. The zero-order chi connectivity index (χ0) is 20.1. The third-order valence-electron chi connectivity index (χ3n) is 5.12. The van der Waals surface area contributed by atoms with Crippen LogP contribution >= 0.6 is 0 Å². The molecule has 3 aromatic carbocycles. The second kappa shape index (κ2) is 8.63. The summed E-state index contributed by atoms with van der Waals surface area (Å²) in [7, 11) is 0. The number of nitrogens with one attached hydrogen (secondary N) is 2. The van der Waals surface area contributed by atoms with Gasteiger partial charge in [0.1, 0.15) is 6.61 Å². The molecule has 146 valence electrons. The van der Waals surface area contributed by atoms with Crippen molar-refractivity contribution in [2.75, 3.05) is 18.6 Å². The van der Waals surface area contributed by atoms with Crippen LogP contribution in [0.5, 0.6) is 0 Å². The average molecular weight is 385 g/mol. The maximum absolute atomic E-state index is 12.2. The molecule has 5 heteroatoms. The van der Waals surface area contributed by atoms with E-state index in [0.717, 1.165) is 11.3 Å². The number of hydrogen-bond acceptors (Lipinski definition) is 4. The van der Waals surface area contributed by atoms with Crippen LogP contribution in [-0.2, 0) is 4.74 Å². The molecule has 0 fully saturated rings. The van der Waals surface area contributed by atoms with Gasteiger partial charge in [0.25, 0.3) is 0 Å². The van der Waals surface area contributed by atoms with Crippen molar-refractivity contribution in [3.8, 4) is 11.1 Å². The van der Waals surface area contributed by atoms with Gasteiger partial charge in [-0.3, -0.25) is 5.84 Å². The number of amides is 1. The number of para-hydroxylation sites is 1. The van der Waals surface area contributed by atoms with E-state index in [4.69, 9.17) is 10.6 Å². The summed E-state index contributed by atoms with van der Waals surface area (Å²) in [5.41, 5.74) is 9.25. The molecule has 0 saturated carbocycles. The number of rotatable bonds is 6. The summed E-state index contributed by atoms with van der Waals surface area (Å²) in [5, 5.41) is 2.76. The topological polar surface area (TPSA) is 76.4 Å². The van der Waals surface area contributed by atoms with Crippen LogP contribution in [0.4, 0.5) is 10.5 Å². The molecule has 1 aliphatic rings. The molecule has 1 aliphatic carbocycles. The quantitative estimate of drug-likeness (QED) is 0.431. The molecule has 0 spiro atoms. The monoisotopic (exact) mass is 385 g/mol. The number of nitrogen functional groups attached to an aromatic ring is 1. The summed E-state index contributed by atoms with van der Waals surface area (Å²) >= 11 is 0. The first-order valence-corrected chi connectivity index (χ1v) is 9.59.